The number of para-hydroxylation sites is 1. The van der Waals surface area contributed by atoms with Crippen LogP contribution in [0.2, 0.25) is 0 Å². The number of aryl methyl sites for hydroxylation is 2. The molecule has 154 valence electrons. The number of halogens is 1. The van der Waals surface area contributed by atoms with Gasteiger partial charge in [0.1, 0.15) is 5.82 Å². The van der Waals surface area contributed by atoms with E-state index in [-0.39, 0.29) is 18.1 Å². The van der Waals surface area contributed by atoms with E-state index in [1.165, 1.54) is 22.0 Å². The first-order valence-corrected chi connectivity index (χ1v) is 11.4. The third-order valence-corrected chi connectivity index (χ3v) is 7.59. The Morgan fingerprint density at radius 1 is 1.07 bits per heavy atom. The summed E-state index contributed by atoms with van der Waals surface area (Å²) >= 11 is 0. The first-order chi connectivity index (χ1) is 13.9. The summed E-state index contributed by atoms with van der Waals surface area (Å²) in [4.78, 5) is 13.6. The second-order valence-electron chi connectivity index (χ2n) is 7.64. The molecule has 29 heavy (non-hydrogen) atoms. The molecular weight excluding hydrogens is 393 g/mol. The number of hydrogen-bond donors (Lipinski definition) is 2. The second-order valence-corrected chi connectivity index (χ2v) is 9.58. The largest absolute Gasteiger partial charge is 0.325 e. The number of hydrogen-bond acceptors (Lipinski definition) is 3. The van der Waals surface area contributed by atoms with Crippen molar-refractivity contribution in [3.05, 3.63) is 59.4 Å². The van der Waals surface area contributed by atoms with Crippen LogP contribution in [0.4, 0.5) is 10.1 Å². The zero-order valence-electron chi connectivity index (χ0n) is 16.2. The minimum absolute atomic E-state index is 0.162. The van der Waals surface area contributed by atoms with Crippen LogP contribution in [0.5, 0.6) is 0 Å². The van der Waals surface area contributed by atoms with Crippen LogP contribution in [0.25, 0.3) is 0 Å². The average Bonchev–Trinajstić information content (AvgIpc) is 3.18. The molecule has 4 rings (SSSR count). The summed E-state index contributed by atoms with van der Waals surface area (Å²) in [6.07, 6.45) is 3.04. The fourth-order valence-electron chi connectivity index (χ4n) is 4.06. The molecule has 8 heteroatoms. The standard InChI is InChI=1S/C21H24FN3O3S/c22-19-6-1-2-7-20(19)23-21(26)15-24-10-12-25(13-11-24)29(27,28)18-9-8-16-4-3-5-17(16)14-18/h1-2,6-9,14H,3-5,10-13,15H2,(H,23,26)/p+1. The Morgan fingerprint density at radius 2 is 1.79 bits per heavy atom. The van der Waals surface area contributed by atoms with Crippen LogP contribution in [0.1, 0.15) is 17.5 Å². The molecule has 1 aliphatic carbocycles. The molecule has 0 atom stereocenters. The molecule has 2 N–H and O–H groups in total. The number of carbonyl (C=O) groups excluding carboxylic acids is 1. The van der Waals surface area contributed by atoms with Crippen LogP contribution < -0.4 is 10.2 Å². The third-order valence-electron chi connectivity index (χ3n) is 5.70. The number of nitrogens with one attached hydrogen (secondary N) is 2. The number of anilines is 1. The summed E-state index contributed by atoms with van der Waals surface area (Å²) in [6.45, 7) is 1.98. The number of nitrogens with zero attached hydrogens (tertiary/aromatic N) is 1. The normalized spacial score (nSPS) is 17.8. The zero-order chi connectivity index (χ0) is 20.4. The van der Waals surface area contributed by atoms with Crippen molar-refractivity contribution < 1.29 is 22.5 Å². The van der Waals surface area contributed by atoms with Gasteiger partial charge in [0.05, 0.1) is 36.8 Å². The van der Waals surface area contributed by atoms with Gasteiger partial charge in [-0.3, -0.25) is 4.79 Å². The molecule has 1 heterocycles. The van der Waals surface area contributed by atoms with E-state index < -0.39 is 15.8 Å². The van der Waals surface area contributed by atoms with Gasteiger partial charge in [-0.2, -0.15) is 4.31 Å². The zero-order valence-corrected chi connectivity index (χ0v) is 17.0. The Hall–Kier alpha value is -2.29. The quantitative estimate of drug-likeness (QED) is 0.756. The number of rotatable bonds is 5. The van der Waals surface area contributed by atoms with Gasteiger partial charge in [0.15, 0.2) is 6.54 Å². The van der Waals surface area contributed by atoms with Gasteiger partial charge >= 0.3 is 0 Å². The lowest BCUT2D eigenvalue weighted by Gasteiger charge is -2.31. The molecule has 2 aromatic carbocycles. The minimum atomic E-state index is -3.52. The maximum atomic E-state index is 13.7. The number of carbonyl (C=O) groups is 1. The third kappa shape index (κ3) is 4.34. The SMILES string of the molecule is O=C(C[NH+]1CCN(S(=O)(=O)c2ccc3c(c2)CCC3)CC1)Nc1ccccc1F. The Kier molecular flexibility index (Phi) is 5.67. The summed E-state index contributed by atoms with van der Waals surface area (Å²) < 4.78 is 41.1. The van der Waals surface area contributed by atoms with E-state index in [9.17, 15) is 17.6 Å². The lowest BCUT2D eigenvalue weighted by atomic mass is 10.1. The number of piperazine rings is 1. The second kappa shape index (κ2) is 8.22. The minimum Gasteiger partial charge on any atom is -0.325 e. The van der Waals surface area contributed by atoms with E-state index in [0.29, 0.717) is 31.1 Å². The van der Waals surface area contributed by atoms with Crippen molar-refractivity contribution in [3.63, 3.8) is 0 Å². The van der Waals surface area contributed by atoms with Gasteiger partial charge in [0, 0.05) is 0 Å². The highest BCUT2D eigenvalue weighted by Gasteiger charge is 2.31. The van der Waals surface area contributed by atoms with Gasteiger partial charge in [-0.1, -0.05) is 18.2 Å². The molecule has 1 saturated heterocycles. The predicted octanol–water partition coefficient (Wildman–Crippen LogP) is 0.842. The van der Waals surface area contributed by atoms with E-state index in [4.69, 9.17) is 0 Å². The highest BCUT2D eigenvalue weighted by Crippen LogP contribution is 2.26. The van der Waals surface area contributed by atoms with E-state index >= 15 is 0 Å². The van der Waals surface area contributed by atoms with Gasteiger partial charge in [-0.25, -0.2) is 12.8 Å². The lowest BCUT2D eigenvalue weighted by Crippen LogP contribution is -3.15. The molecule has 2 aromatic rings. The number of benzene rings is 2. The number of sulfonamides is 1. The molecule has 1 fully saturated rings. The van der Waals surface area contributed by atoms with Crippen LogP contribution in [0, 0.1) is 5.82 Å². The molecule has 0 unspecified atom stereocenters. The van der Waals surface area contributed by atoms with Gasteiger partial charge in [-0.05, 0) is 54.7 Å². The monoisotopic (exact) mass is 418 g/mol. The highest BCUT2D eigenvalue weighted by atomic mass is 32.2. The van der Waals surface area contributed by atoms with Gasteiger partial charge < -0.3 is 10.2 Å². The molecule has 0 aromatic heterocycles. The molecule has 0 saturated carbocycles. The molecule has 0 bridgehead atoms. The lowest BCUT2D eigenvalue weighted by molar-refractivity contribution is -0.895. The van der Waals surface area contributed by atoms with Crippen molar-refractivity contribution in [2.75, 3.05) is 38.0 Å². The van der Waals surface area contributed by atoms with E-state index in [1.807, 2.05) is 12.1 Å². The van der Waals surface area contributed by atoms with Crippen LogP contribution in [0.15, 0.2) is 47.4 Å². The van der Waals surface area contributed by atoms with Crippen molar-refractivity contribution in [1.29, 1.82) is 0 Å². The maximum absolute atomic E-state index is 13.7. The molecular formula is C21H25FN3O3S+. The molecule has 1 aliphatic heterocycles. The summed E-state index contributed by atoms with van der Waals surface area (Å²) in [5.74, 6) is -0.749. The molecule has 0 spiro atoms. The molecule has 0 radical (unpaired) electrons. The van der Waals surface area contributed by atoms with Crippen molar-refractivity contribution in [1.82, 2.24) is 4.31 Å². The maximum Gasteiger partial charge on any atom is 0.279 e. The van der Waals surface area contributed by atoms with Crippen molar-refractivity contribution in [3.8, 4) is 0 Å². The fraction of sp³-hybridized carbons (Fsp3) is 0.381. The van der Waals surface area contributed by atoms with Gasteiger partial charge in [0.2, 0.25) is 10.0 Å². The fourth-order valence-corrected chi connectivity index (χ4v) is 5.55. The Labute approximate surface area is 170 Å². The Bertz CT molecular complexity index is 1020. The highest BCUT2D eigenvalue weighted by molar-refractivity contribution is 7.89. The van der Waals surface area contributed by atoms with Crippen LogP contribution in [0.3, 0.4) is 0 Å². The first-order valence-electron chi connectivity index (χ1n) is 9.93. The van der Waals surface area contributed by atoms with Gasteiger partial charge in [0.25, 0.3) is 5.91 Å². The average molecular weight is 419 g/mol. The topological polar surface area (TPSA) is 70.9 Å². The van der Waals surface area contributed by atoms with Crippen LogP contribution in [-0.4, -0.2) is 51.4 Å². The Balaban J connectivity index is 1.34. The van der Waals surface area contributed by atoms with Crippen LogP contribution >= 0.6 is 0 Å². The van der Waals surface area contributed by atoms with Crippen LogP contribution in [-0.2, 0) is 27.7 Å². The summed E-state index contributed by atoms with van der Waals surface area (Å²) in [7, 11) is -3.52. The first kappa shape index (κ1) is 20.0. The smallest absolute Gasteiger partial charge is 0.279 e. The predicted molar refractivity (Wildman–Crippen MR) is 108 cm³/mol. The van der Waals surface area contributed by atoms with Crippen molar-refractivity contribution >= 4 is 21.6 Å². The van der Waals surface area contributed by atoms with Crippen molar-refractivity contribution in [2.24, 2.45) is 0 Å². The summed E-state index contributed by atoms with van der Waals surface area (Å²) in [6, 6.07) is 11.5. The Morgan fingerprint density at radius 3 is 2.55 bits per heavy atom. The van der Waals surface area contributed by atoms with E-state index in [0.717, 1.165) is 29.7 Å². The number of amides is 1. The van der Waals surface area contributed by atoms with E-state index in [2.05, 4.69) is 5.32 Å². The molecule has 1 amide bonds. The van der Waals surface area contributed by atoms with Gasteiger partial charge in [-0.15, -0.1) is 0 Å². The number of fused-ring (bicyclic) bond motifs is 1. The van der Waals surface area contributed by atoms with Crippen molar-refractivity contribution in [2.45, 2.75) is 24.2 Å². The van der Waals surface area contributed by atoms with E-state index in [1.54, 1.807) is 18.2 Å². The summed E-state index contributed by atoms with van der Waals surface area (Å²) in [5.41, 5.74) is 2.55. The summed E-state index contributed by atoms with van der Waals surface area (Å²) in [5, 5.41) is 2.58. The number of quaternary nitrogens is 1. The molecule has 2 aliphatic rings. The molecule has 6 nitrogen and oxygen atoms in total.